The smallest absolute Gasteiger partial charge is 0.241 e. The molecular weight excluding hydrogens is 362 g/mol. The van der Waals surface area contributed by atoms with E-state index in [0.29, 0.717) is 5.75 Å². The number of nitrogens with one attached hydrogen (secondary N) is 2. The maximum atomic E-state index is 12.8. The molecule has 29 heavy (non-hydrogen) atoms. The molecule has 4 rings (SSSR count). The lowest BCUT2D eigenvalue weighted by atomic mass is 9.98. The van der Waals surface area contributed by atoms with Crippen molar-refractivity contribution in [1.82, 2.24) is 9.88 Å². The van der Waals surface area contributed by atoms with Crippen LogP contribution in [0.4, 0.5) is 5.69 Å². The van der Waals surface area contributed by atoms with Gasteiger partial charge in [0.15, 0.2) is 0 Å². The van der Waals surface area contributed by atoms with Gasteiger partial charge in [-0.1, -0.05) is 30.3 Å². The van der Waals surface area contributed by atoms with Crippen molar-refractivity contribution >= 4 is 28.1 Å². The molecule has 0 radical (unpaired) electrons. The van der Waals surface area contributed by atoms with Crippen LogP contribution in [0.1, 0.15) is 24.5 Å². The van der Waals surface area contributed by atoms with Crippen molar-refractivity contribution in [2.45, 2.75) is 26.3 Å². The highest BCUT2D eigenvalue weighted by molar-refractivity contribution is 5.96. The van der Waals surface area contributed by atoms with Crippen molar-refractivity contribution in [1.29, 1.82) is 0 Å². The highest BCUT2D eigenvalue weighted by Crippen LogP contribution is 2.30. The van der Waals surface area contributed by atoms with E-state index >= 15 is 0 Å². The molecule has 2 N–H and O–H groups in total. The number of benzene rings is 2. The molecule has 1 amide bonds. The number of nitrogens with zero attached hydrogens (tertiary/aromatic N) is 1. The van der Waals surface area contributed by atoms with E-state index in [4.69, 9.17) is 4.74 Å². The summed E-state index contributed by atoms with van der Waals surface area (Å²) in [4.78, 5) is 18.4. The monoisotopic (exact) mass is 389 g/mol. The van der Waals surface area contributed by atoms with Gasteiger partial charge in [0, 0.05) is 35.8 Å². The van der Waals surface area contributed by atoms with Gasteiger partial charge in [0.2, 0.25) is 5.91 Å². The van der Waals surface area contributed by atoms with Crippen LogP contribution < -0.4 is 10.1 Å². The van der Waals surface area contributed by atoms with E-state index < -0.39 is 0 Å². The number of carbonyl (C=O) groups excluding carboxylic acids is 1. The van der Waals surface area contributed by atoms with Gasteiger partial charge in [-0.2, -0.15) is 0 Å². The SMILES string of the molecule is COc1ccc(C)cc1NC(=O)[C@H](C)N1CC=C(c2c[nH]c3ccccc23)CC1. The largest absolute Gasteiger partial charge is 0.495 e. The van der Waals surface area contributed by atoms with E-state index in [1.807, 2.05) is 38.1 Å². The van der Waals surface area contributed by atoms with E-state index in [1.165, 1.54) is 16.5 Å². The minimum atomic E-state index is -0.221. The fourth-order valence-electron chi connectivity index (χ4n) is 3.94. The van der Waals surface area contributed by atoms with Gasteiger partial charge in [-0.3, -0.25) is 9.69 Å². The zero-order valence-electron chi connectivity index (χ0n) is 17.2. The van der Waals surface area contributed by atoms with Crippen LogP contribution in [0.2, 0.25) is 0 Å². The molecule has 1 aliphatic heterocycles. The lowest BCUT2D eigenvalue weighted by Crippen LogP contribution is -2.44. The van der Waals surface area contributed by atoms with Crippen LogP contribution in [0.3, 0.4) is 0 Å². The fourth-order valence-corrected chi connectivity index (χ4v) is 3.94. The zero-order valence-corrected chi connectivity index (χ0v) is 17.2. The molecule has 2 heterocycles. The van der Waals surface area contributed by atoms with Crippen LogP contribution in [-0.2, 0) is 4.79 Å². The first-order chi connectivity index (χ1) is 14.1. The number of rotatable bonds is 5. The number of anilines is 1. The van der Waals surface area contributed by atoms with Gasteiger partial charge in [-0.15, -0.1) is 0 Å². The predicted molar refractivity (Wildman–Crippen MR) is 118 cm³/mol. The summed E-state index contributed by atoms with van der Waals surface area (Å²) in [5.74, 6) is 0.661. The number of aromatic amines is 1. The van der Waals surface area contributed by atoms with Crippen molar-refractivity contribution in [2.75, 3.05) is 25.5 Å². The van der Waals surface area contributed by atoms with Crippen molar-refractivity contribution in [3.63, 3.8) is 0 Å². The van der Waals surface area contributed by atoms with Crippen molar-refractivity contribution < 1.29 is 9.53 Å². The first-order valence-corrected chi connectivity index (χ1v) is 10.0. The number of hydrogen-bond donors (Lipinski definition) is 2. The Hall–Kier alpha value is -3.05. The number of ether oxygens (including phenoxy) is 1. The van der Waals surface area contributed by atoms with Crippen molar-refractivity contribution in [2.24, 2.45) is 0 Å². The van der Waals surface area contributed by atoms with E-state index in [9.17, 15) is 4.79 Å². The van der Waals surface area contributed by atoms with E-state index in [1.54, 1.807) is 7.11 Å². The topological polar surface area (TPSA) is 57.4 Å². The molecule has 0 unspecified atom stereocenters. The second-order valence-electron chi connectivity index (χ2n) is 7.59. The lowest BCUT2D eigenvalue weighted by Gasteiger charge is -2.31. The molecule has 1 aliphatic rings. The molecule has 0 bridgehead atoms. The lowest BCUT2D eigenvalue weighted by molar-refractivity contribution is -0.120. The highest BCUT2D eigenvalue weighted by Gasteiger charge is 2.24. The molecule has 0 saturated carbocycles. The number of methoxy groups -OCH3 is 1. The number of amides is 1. The first-order valence-electron chi connectivity index (χ1n) is 10.0. The number of H-pyrrole nitrogens is 1. The van der Waals surface area contributed by atoms with Crippen LogP contribution in [0.5, 0.6) is 5.75 Å². The summed E-state index contributed by atoms with van der Waals surface area (Å²) in [5, 5.41) is 4.29. The summed E-state index contributed by atoms with van der Waals surface area (Å²) >= 11 is 0. The molecule has 1 aromatic heterocycles. The van der Waals surface area contributed by atoms with Crippen molar-refractivity contribution in [3.05, 3.63) is 65.9 Å². The average molecular weight is 389 g/mol. The van der Waals surface area contributed by atoms with Crippen LogP contribution in [0, 0.1) is 6.92 Å². The summed E-state index contributed by atoms with van der Waals surface area (Å²) in [5.41, 5.74) is 5.56. The van der Waals surface area contributed by atoms with Gasteiger partial charge in [0.25, 0.3) is 0 Å². The Morgan fingerprint density at radius 3 is 2.83 bits per heavy atom. The summed E-state index contributed by atoms with van der Waals surface area (Å²) in [7, 11) is 1.62. The summed E-state index contributed by atoms with van der Waals surface area (Å²) in [6, 6.07) is 13.9. The predicted octanol–water partition coefficient (Wildman–Crippen LogP) is 4.60. The Bertz CT molecular complexity index is 1070. The second kappa shape index (κ2) is 8.13. The molecule has 0 saturated heterocycles. The maximum Gasteiger partial charge on any atom is 0.241 e. The van der Waals surface area contributed by atoms with Crippen molar-refractivity contribution in [3.8, 4) is 5.75 Å². The van der Waals surface area contributed by atoms with E-state index in [0.717, 1.165) is 36.3 Å². The number of hydrogen-bond acceptors (Lipinski definition) is 3. The number of aromatic nitrogens is 1. The summed E-state index contributed by atoms with van der Waals surface area (Å²) < 4.78 is 5.38. The van der Waals surface area contributed by atoms with Gasteiger partial charge in [-0.05, 0) is 49.6 Å². The van der Waals surface area contributed by atoms with E-state index in [-0.39, 0.29) is 11.9 Å². The molecule has 5 heteroatoms. The van der Waals surface area contributed by atoms with Crippen LogP contribution in [0.15, 0.2) is 54.7 Å². The summed E-state index contributed by atoms with van der Waals surface area (Å²) in [6.45, 7) is 5.57. The van der Waals surface area contributed by atoms with Gasteiger partial charge in [0.1, 0.15) is 5.75 Å². The third-order valence-corrected chi connectivity index (χ3v) is 5.72. The van der Waals surface area contributed by atoms with Crippen LogP contribution in [-0.4, -0.2) is 42.0 Å². The number of carbonyl (C=O) groups is 1. The van der Waals surface area contributed by atoms with Gasteiger partial charge >= 0.3 is 0 Å². The quantitative estimate of drug-likeness (QED) is 0.670. The molecule has 2 aromatic carbocycles. The number of para-hydroxylation sites is 1. The molecular formula is C24H27N3O2. The second-order valence-corrected chi connectivity index (χ2v) is 7.59. The molecule has 0 aliphatic carbocycles. The third kappa shape index (κ3) is 3.91. The Balaban J connectivity index is 1.45. The first kappa shape index (κ1) is 19.3. The Labute approximate surface area is 171 Å². The minimum absolute atomic E-state index is 0.0159. The molecule has 1 atom stereocenters. The Morgan fingerprint density at radius 1 is 1.24 bits per heavy atom. The molecule has 0 fully saturated rings. The van der Waals surface area contributed by atoms with Gasteiger partial charge < -0.3 is 15.0 Å². The van der Waals surface area contributed by atoms with Gasteiger partial charge in [-0.25, -0.2) is 0 Å². The Kier molecular flexibility index (Phi) is 5.41. The molecule has 150 valence electrons. The molecule has 5 nitrogen and oxygen atoms in total. The standard InChI is InChI=1S/C24H27N3O2/c1-16-8-9-23(29-3)22(14-16)26-24(28)17(2)27-12-10-18(11-13-27)20-15-25-21-7-5-4-6-19(20)21/h4-10,14-15,17,25H,11-13H2,1-3H3,(H,26,28)/t17-/m0/s1. The molecule has 0 spiro atoms. The Morgan fingerprint density at radius 2 is 2.07 bits per heavy atom. The van der Waals surface area contributed by atoms with E-state index in [2.05, 4.69) is 45.7 Å². The summed E-state index contributed by atoms with van der Waals surface area (Å²) in [6.07, 6.45) is 5.26. The average Bonchev–Trinajstić information content (AvgIpc) is 3.17. The minimum Gasteiger partial charge on any atom is -0.495 e. The van der Waals surface area contributed by atoms with Crippen LogP contribution >= 0.6 is 0 Å². The zero-order chi connectivity index (χ0) is 20.4. The maximum absolute atomic E-state index is 12.8. The fraction of sp³-hybridized carbons (Fsp3) is 0.292. The third-order valence-electron chi connectivity index (χ3n) is 5.72. The molecule has 3 aromatic rings. The normalized spacial score (nSPS) is 15.8. The van der Waals surface area contributed by atoms with Gasteiger partial charge in [0.05, 0.1) is 18.8 Å². The van der Waals surface area contributed by atoms with Crippen LogP contribution in [0.25, 0.3) is 16.5 Å². The number of aryl methyl sites for hydroxylation is 1. The highest BCUT2D eigenvalue weighted by atomic mass is 16.5. The number of fused-ring (bicyclic) bond motifs is 1.